The molecule has 0 atom stereocenters. The first-order chi connectivity index (χ1) is 9.38. The second-order valence-corrected chi connectivity index (χ2v) is 6.13. The average Bonchev–Trinajstić information content (AvgIpc) is 2.78. The molecule has 0 spiro atoms. The Morgan fingerprint density at radius 2 is 2.20 bits per heavy atom. The van der Waals surface area contributed by atoms with Crippen molar-refractivity contribution in [3.63, 3.8) is 0 Å². The molecule has 0 amide bonds. The lowest BCUT2D eigenvalue weighted by Crippen LogP contribution is -2.27. The van der Waals surface area contributed by atoms with E-state index >= 15 is 0 Å². The van der Waals surface area contributed by atoms with Crippen molar-refractivity contribution in [2.45, 2.75) is 18.4 Å². The van der Waals surface area contributed by atoms with Gasteiger partial charge in [0.25, 0.3) is 0 Å². The topological polar surface area (TPSA) is 90.0 Å². The number of benzene rings is 1. The predicted octanol–water partition coefficient (Wildman–Crippen LogP) is 0.891. The van der Waals surface area contributed by atoms with E-state index in [1.54, 1.807) is 17.1 Å². The summed E-state index contributed by atoms with van der Waals surface area (Å²) in [6.07, 6.45) is 3.49. The largest absolute Gasteiger partial charge is 0.396 e. The Labute approximate surface area is 116 Å². The number of aromatic nitrogens is 2. The standard InChI is InChI=1S/C12H15FN4O2S/c1-9-7-15-17(8-9)5-4-16-20(18,19)10-2-3-12(14)11(13)6-10/h2-3,6-8,16H,4-5,14H2,1H3. The van der Waals surface area contributed by atoms with Crippen LogP contribution in [-0.4, -0.2) is 24.7 Å². The summed E-state index contributed by atoms with van der Waals surface area (Å²) in [6.45, 7) is 2.45. The molecule has 0 aliphatic rings. The summed E-state index contributed by atoms with van der Waals surface area (Å²) in [4.78, 5) is -0.152. The number of hydrogen-bond donors (Lipinski definition) is 2. The fraction of sp³-hybridized carbons (Fsp3) is 0.250. The molecule has 2 rings (SSSR count). The van der Waals surface area contributed by atoms with E-state index in [0.29, 0.717) is 6.54 Å². The Morgan fingerprint density at radius 3 is 2.80 bits per heavy atom. The first kappa shape index (κ1) is 14.5. The first-order valence-electron chi connectivity index (χ1n) is 5.92. The van der Waals surface area contributed by atoms with Crippen LogP contribution in [0.1, 0.15) is 5.56 Å². The Bertz CT molecular complexity index is 712. The molecule has 0 unspecified atom stereocenters. The van der Waals surface area contributed by atoms with E-state index in [9.17, 15) is 12.8 Å². The normalized spacial score (nSPS) is 11.7. The van der Waals surface area contributed by atoms with Gasteiger partial charge in [-0.3, -0.25) is 4.68 Å². The molecule has 0 aliphatic carbocycles. The molecule has 1 heterocycles. The van der Waals surface area contributed by atoms with Gasteiger partial charge in [0.15, 0.2) is 0 Å². The molecule has 0 aliphatic heterocycles. The van der Waals surface area contributed by atoms with E-state index in [4.69, 9.17) is 5.73 Å². The molecule has 1 aromatic carbocycles. The molecule has 3 N–H and O–H groups in total. The molecule has 0 saturated carbocycles. The fourth-order valence-electron chi connectivity index (χ4n) is 1.64. The van der Waals surface area contributed by atoms with Gasteiger partial charge >= 0.3 is 0 Å². The summed E-state index contributed by atoms with van der Waals surface area (Å²) in [5.41, 5.74) is 6.22. The van der Waals surface area contributed by atoms with Crippen molar-refractivity contribution in [2.75, 3.05) is 12.3 Å². The lowest BCUT2D eigenvalue weighted by molar-refractivity contribution is 0.559. The van der Waals surface area contributed by atoms with Crippen LogP contribution in [0, 0.1) is 12.7 Å². The van der Waals surface area contributed by atoms with E-state index in [1.807, 2.05) is 6.92 Å². The third kappa shape index (κ3) is 3.34. The Balaban J connectivity index is 2.02. The van der Waals surface area contributed by atoms with Crippen LogP contribution in [0.3, 0.4) is 0 Å². The van der Waals surface area contributed by atoms with Crippen molar-refractivity contribution in [1.82, 2.24) is 14.5 Å². The molecule has 2 aromatic rings. The summed E-state index contributed by atoms with van der Waals surface area (Å²) >= 11 is 0. The minimum Gasteiger partial charge on any atom is -0.396 e. The highest BCUT2D eigenvalue weighted by Crippen LogP contribution is 2.15. The Kier molecular flexibility index (Phi) is 4.05. The molecule has 0 radical (unpaired) electrons. The summed E-state index contributed by atoms with van der Waals surface area (Å²) in [5.74, 6) is -0.754. The number of nitrogen functional groups attached to an aromatic ring is 1. The van der Waals surface area contributed by atoms with Gasteiger partial charge in [0.05, 0.1) is 23.3 Å². The Hall–Kier alpha value is -1.93. The number of aryl methyl sites for hydroxylation is 1. The van der Waals surface area contributed by atoms with Gasteiger partial charge in [-0.2, -0.15) is 5.10 Å². The SMILES string of the molecule is Cc1cnn(CCNS(=O)(=O)c2ccc(N)c(F)c2)c1. The number of hydrogen-bond acceptors (Lipinski definition) is 4. The molecular weight excluding hydrogens is 283 g/mol. The zero-order valence-electron chi connectivity index (χ0n) is 10.9. The molecule has 6 nitrogen and oxygen atoms in total. The van der Waals surface area contributed by atoms with Crippen molar-refractivity contribution in [3.05, 3.63) is 42.0 Å². The van der Waals surface area contributed by atoms with Gasteiger partial charge in [-0.05, 0) is 30.7 Å². The van der Waals surface area contributed by atoms with Crippen LogP contribution >= 0.6 is 0 Å². The quantitative estimate of drug-likeness (QED) is 0.802. The van der Waals surface area contributed by atoms with Gasteiger partial charge in [0, 0.05) is 12.7 Å². The maximum absolute atomic E-state index is 13.3. The van der Waals surface area contributed by atoms with Crippen molar-refractivity contribution < 1.29 is 12.8 Å². The van der Waals surface area contributed by atoms with Crippen molar-refractivity contribution in [1.29, 1.82) is 0 Å². The third-order valence-electron chi connectivity index (χ3n) is 2.68. The molecule has 108 valence electrons. The second kappa shape index (κ2) is 5.59. The molecular formula is C12H15FN4O2S. The van der Waals surface area contributed by atoms with E-state index in [2.05, 4.69) is 9.82 Å². The molecule has 0 saturated heterocycles. The van der Waals surface area contributed by atoms with Gasteiger partial charge < -0.3 is 5.73 Å². The maximum Gasteiger partial charge on any atom is 0.240 e. The van der Waals surface area contributed by atoms with Crippen LogP contribution in [0.2, 0.25) is 0 Å². The molecule has 1 aromatic heterocycles. The number of nitrogens with one attached hydrogen (secondary N) is 1. The molecule has 20 heavy (non-hydrogen) atoms. The highest BCUT2D eigenvalue weighted by atomic mass is 32.2. The first-order valence-corrected chi connectivity index (χ1v) is 7.40. The van der Waals surface area contributed by atoms with Gasteiger partial charge in [-0.1, -0.05) is 0 Å². The number of rotatable bonds is 5. The van der Waals surface area contributed by atoms with E-state index in [0.717, 1.165) is 11.6 Å². The van der Waals surface area contributed by atoms with Crippen molar-refractivity contribution >= 4 is 15.7 Å². The van der Waals surface area contributed by atoms with Crippen molar-refractivity contribution in [2.24, 2.45) is 0 Å². The van der Waals surface area contributed by atoms with Crippen LogP contribution in [0.4, 0.5) is 10.1 Å². The highest BCUT2D eigenvalue weighted by molar-refractivity contribution is 7.89. The maximum atomic E-state index is 13.3. The number of sulfonamides is 1. The number of anilines is 1. The smallest absolute Gasteiger partial charge is 0.240 e. The van der Waals surface area contributed by atoms with Gasteiger partial charge in [0.1, 0.15) is 5.82 Å². The lowest BCUT2D eigenvalue weighted by Gasteiger charge is -2.07. The highest BCUT2D eigenvalue weighted by Gasteiger charge is 2.15. The summed E-state index contributed by atoms with van der Waals surface area (Å²) < 4.78 is 41.2. The summed E-state index contributed by atoms with van der Waals surface area (Å²) in [6, 6.07) is 3.38. The van der Waals surface area contributed by atoms with Gasteiger partial charge in [0.2, 0.25) is 10.0 Å². The van der Waals surface area contributed by atoms with E-state index in [-0.39, 0.29) is 17.1 Å². The summed E-state index contributed by atoms with van der Waals surface area (Å²) in [7, 11) is -3.75. The van der Waals surface area contributed by atoms with Crippen LogP contribution in [0.15, 0.2) is 35.5 Å². The average molecular weight is 298 g/mol. The lowest BCUT2D eigenvalue weighted by atomic mass is 10.3. The van der Waals surface area contributed by atoms with E-state index < -0.39 is 15.8 Å². The molecule has 8 heteroatoms. The molecule has 0 fully saturated rings. The Morgan fingerprint density at radius 1 is 1.45 bits per heavy atom. The minimum atomic E-state index is -3.75. The minimum absolute atomic E-state index is 0.0871. The van der Waals surface area contributed by atoms with E-state index in [1.165, 1.54) is 12.1 Å². The fourth-order valence-corrected chi connectivity index (χ4v) is 2.67. The van der Waals surface area contributed by atoms with Crippen LogP contribution in [0.5, 0.6) is 0 Å². The second-order valence-electron chi connectivity index (χ2n) is 4.36. The van der Waals surface area contributed by atoms with Gasteiger partial charge in [-0.25, -0.2) is 17.5 Å². The van der Waals surface area contributed by atoms with Crippen LogP contribution in [0.25, 0.3) is 0 Å². The van der Waals surface area contributed by atoms with Crippen LogP contribution in [-0.2, 0) is 16.6 Å². The third-order valence-corrected chi connectivity index (χ3v) is 4.14. The number of nitrogens with zero attached hydrogens (tertiary/aromatic N) is 2. The van der Waals surface area contributed by atoms with Crippen LogP contribution < -0.4 is 10.5 Å². The number of nitrogens with two attached hydrogens (primary N) is 1. The zero-order chi connectivity index (χ0) is 14.8. The number of halogens is 1. The van der Waals surface area contributed by atoms with Gasteiger partial charge in [-0.15, -0.1) is 0 Å². The monoisotopic (exact) mass is 298 g/mol. The predicted molar refractivity (Wildman–Crippen MR) is 73.0 cm³/mol. The van der Waals surface area contributed by atoms with Crippen molar-refractivity contribution in [3.8, 4) is 0 Å². The summed E-state index contributed by atoms with van der Waals surface area (Å²) in [5, 5.41) is 4.04. The molecule has 0 bridgehead atoms. The zero-order valence-corrected chi connectivity index (χ0v) is 11.7.